The average Bonchev–Trinajstić information content (AvgIpc) is 2.65. The lowest BCUT2D eigenvalue weighted by molar-refractivity contribution is -0.385. The zero-order chi connectivity index (χ0) is 15.0. The number of nitro groups is 1. The zero-order valence-electron chi connectivity index (χ0n) is 11.8. The van der Waals surface area contributed by atoms with Gasteiger partial charge in [-0.05, 0) is 37.1 Å². The van der Waals surface area contributed by atoms with Crippen molar-refractivity contribution in [2.24, 2.45) is 0 Å². The van der Waals surface area contributed by atoms with E-state index in [1.54, 1.807) is 0 Å². The normalized spacial score (nSPS) is 11.1. The van der Waals surface area contributed by atoms with E-state index >= 15 is 0 Å². The molecule has 6 heteroatoms. The topological polar surface area (TPSA) is 61.0 Å². The van der Waals surface area contributed by atoms with Crippen molar-refractivity contribution in [3.63, 3.8) is 0 Å². The summed E-state index contributed by atoms with van der Waals surface area (Å²) in [7, 11) is 0. The molecule has 2 rings (SSSR count). The molecule has 0 saturated heterocycles. The van der Waals surface area contributed by atoms with Crippen molar-refractivity contribution in [3.05, 3.63) is 50.3 Å². The van der Waals surface area contributed by atoms with Crippen LogP contribution in [0.2, 0.25) is 5.15 Å². The summed E-state index contributed by atoms with van der Waals surface area (Å²) in [5.74, 6) is -0.0694. The van der Waals surface area contributed by atoms with Gasteiger partial charge >= 0.3 is 5.69 Å². The van der Waals surface area contributed by atoms with Gasteiger partial charge in [-0.25, -0.2) is 4.68 Å². The van der Waals surface area contributed by atoms with E-state index in [0.29, 0.717) is 5.69 Å². The summed E-state index contributed by atoms with van der Waals surface area (Å²) in [6.45, 7) is 7.65. The number of hydrogen-bond acceptors (Lipinski definition) is 3. The lowest BCUT2D eigenvalue weighted by atomic mass is 10.1. The molecule has 1 heterocycles. The van der Waals surface area contributed by atoms with Crippen molar-refractivity contribution < 1.29 is 4.92 Å². The molecule has 0 unspecified atom stereocenters. The molecule has 2 aromatic rings. The predicted octanol–water partition coefficient (Wildman–Crippen LogP) is 4.17. The maximum Gasteiger partial charge on any atom is 0.329 e. The standard InChI is InChI=1S/C14H16ClN3O2/c1-8(2)12-13(18(19)20)14(15)17(16-12)11-6-9(3)5-10(4)7-11/h5-8H,1-4H3. The second kappa shape index (κ2) is 5.25. The Balaban J connectivity index is 2.69. The van der Waals surface area contributed by atoms with Gasteiger partial charge in [-0.2, -0.15) is 5.10 Å². The molecule has 0 atom stereocenters. The van der Waals surface area contributed by atoms with Crippen LogP contribution >= 0.6 is 11.6 Å². The van der Waals surface area contributed by atoms with Gasteiger partial charge in [-0.1, -0.05) is 31.5 Å². The summed E-state index contributed by atoms with van der Waals surface area (Å²) in [5.41, 5.74) is 3.14. The van der Waals surface area contributed by atoms with Crippen LogP contribution in [0.3, 0.4) is 0 Å². The molecule has 0 spiro atoms. The number of hydrogen-bond donors (Lipinski definition) is 0. The number of benzene rings is 1. The summed E-state index contributed by atoms with van der Waals surface area (Å²) < 4.78 is 1.44. The molecular weight excluding hydrogens is 278 g/mol. The lowest BCUT2D eigenvalue weighted by Gasteiger charge is -2.05. The lowest BCUT2D eigenvalue weighted by Crippen LogP contribution is -1.99. The predicted molar refractivity (Wildman–Crippen MR) is 78.8 cm³/mol. The molecule has 0 fully saturated rings. The minimum absolute atomic E-state index is 0.0451. The van der Waals surface area contributed by atoms with E-state index in [-0.39, 0.29) is 16.8 Å². The van der Waals surface area contributed by atoms with E-state index in [9.17, 15) is 10.1 Å². The number of aromatic nitrogens is 2. The zero-order valence-corrected chi connectivity index (χ0v) is 12.6. The molecule has 0 saturated carbocycles. The minimum Gasteiger partial charge on any atom is -0.258 e. The summed E-state index contributed by atoms with van der Waals surface area (Å²) >= 11 is 6.17. The second-order valence-corrected chi connectivity index (χ2v) is 5.55. The Morgan fingerprint density at radius 3 is 2.20 bits per heavy atom. The third-order valence-electron chi connectivity index (χ3n) is 3.01. The first-order valence-corrected chi connectivity index (χ1v) is 6.70. The number of halogens is 1. The fourth-order valence-corrected chi connectivity index (χ4v) is 2.51. The molecule has 0 N–H and O–H groups in total. The molecule has 20 heavy (non-hydrogen) atoms. The molecule has 0 aliphatic rings. The van der Waals surface area contributed by atoms with E-state index < -0.39 is 4.92 Å². The van der Waals surface area contributed by atoms with E-state index in [2.05, 4.69) is 5.10 Å². The molecule has 0 bridgehead atoms. The van der Waals surface area contributed by atoms with Gasteiger partial charge < -0.3 is 0 Å². The van der Waals surface area contributed by atoms with E-state index in [4.69, 9.17) is 11.6 Å². The second-order valence-electron chi connectivity index (χ2n) is 5.19. The van der Waals surface area contributed by atoms with Crippen LogP contribution in [-0.4, -0.2) is 14.7 Å². The van der Waals surface area contributed by atoms with Crippen LogP contribution in [0.4, 0.5) is 5.69 Å². The highest BCUT2D eigenvalue weighted by Crippen LogP contribution is 2.34. The smallest absolute Gasteiger partial charge is 0.258 e. The van der Waals surface area contributed by atoms with Gasteiger partial charge in [0.05, 0.1) is 10.6 Å². The van der Waals surface area contributed by atoms with Crippen LogP contribution in [0.5, 0.6) is 0 Å². The van der Waals surface area contributed by atoms with E-state index in [1.807, 2.05) is 45.9 Å². The van der Waals surface area contributed by atoms with Crippen molar-refractivity contribution in [1.82, 2.24) is 9.78 Å². The van der Waals surface area contributed by atoms with Gasteiger partial charge in [0.15, 0.2) is 0 Å². The third kappa shape index (κ3) is 2.54. The summed E-state index contributed by atoms with van der Waals surface area (Å²) in [6.07, 6.45) is 0. The SMILES string of the molecule is Cc1cc(C)cc(-n2nc(C(C)C)c([N+](=O)[O-])c2Cl)c1. The Labute approximate surface area is 122 Å². The molecule has 0 aliphatic carbocycles. The Kier molecular flexibility index (Phi) is 3.81. The first-order valence-electron chi connectivity index (χ1n) is 6.32. The fourth-order valence-electron chi connectivity index (χ4n) is 2.21. The Morgan fingerprint density at radius 2 is 1.80 bits per heavy atom. The Bertz CT molecular complexity index is 657. The first kappa shape index (κ1) is 14.5. The number of nitrogens with zero attached hydrogens (tertiary/aromatic N) is 3. The van der Waals surface area contributed by atoms with Crippen molar-refractivity contribution in [2.45, 2.75) is 33.6 Å². The van der Waals surface area contributed by atoms with Gasteiger partial charge in [0.25, 0.3) is 0 Å². The monoisotopic (exact) mass is 293 g/mol. The molecule has 1 aromatic heterocycles. The first-order chi connectivity index (χ1) is 9.31. The third-order valence-corrected chi connectivity index (χ3v) is 3.35. The average molecular weight is 294 g/mol. The minimum atomic E-state index is -0.468. The Hall–Kier alpha value is -1.88. The highest BCUT2D eigenvalue weighted by Gasteiger charge is 2.28. The molecular formula is C14H16ClN3O2. The van der Waals surface area contributed by atoms with Gasteiger partial charge in [-0.3, -0.25) is 10.1 Å². The highest BCUT2D eigenvalue weighted by atomic mass is 35.5. The molecule has 1 aromatic carbocycles. The maximum absolute atomic E-state index is 11.2. The number of aryl methyl sites for hydroxylation is 2. The maximum atomic E-state index is 11.2. The van der Waals surface area contributed by atoms with Gasteiger partial charge in [-0.15, -0.1) is 0 Å². The van der Waals surface area contributed by atoms with E-state index in [1.165, 1.54) is 4.68 Å². The van der Waals surface area contributed by atoms with Crippen LogP contribution < -0.4 is 0 Å². The summed E-state index contributed by atoms with van der Waals surface area (Å²) in [4.78, 5) is 10.7. The molecule has 5 nitrogen and oxygen atoms in total. The van der Waals surface area contributed by atoms with E-state index in [0.717, 1.165) is 16.8 Å². The largest absolute Gasteiger partial charge is 0.329 e. The Morgan fingerprint density at radius 1 is 1.25 bits per heavy atom. The highest BCUT2D eigenvalue weighted by molar-refractivity contribution is 6.32. The van der Waals surface area contributed by atoms with Crippen molar-refractivity contribution in [1.29, 1.82) is 0 Å². The van der Waals surface area contributed by atoms with Crippen molar-refractivity contribution in [2.75, 3.05) is 0 Å². The van der Waals surface area contributed by atoms with Crippen LogP contribution in [0.1, 0.15) is 36.6 Å². The molecule has 0 aliphatic heterocycles. The number of rotatable bonds is 3. The summed E-state index contributed by atoms with van der Waals surface area (Å²) in [6, 6.07) is 5.83. The van der Waals surface area contributed by atoms with Gasteiger partial charge in [0, 0.05) is 5.92 Å². The molecule has 106 valence electrons. The molecule has 0 radical (unpaired) electrons. The summed E-state index contributed by atoms with van der Waals surface area (Å²) in [5, 5.41) is 15.6. The van der Waals surface area contributed by atoms with Gasteiger partial charge in [0.2, 0.25) is 5.15 Å². The van der Waals surface area contributed by atoms with Crippen molar-refractivity contribution in [3.8, 4) is 5.69 Å². The van der Waals surface area contributed by atoms with Crippen LogP contribution in [-0.2, 0) is 0 Å². The van der Waals surface area contributed by atoms with Gasteiger partial charge in [0.1, 0.15) is 5.69 Å². The van der Waals surface area contributed by atoms with Crippen molar-refractivity contribution >= 4 is 17.3 Å². The van der Waals surface area contributed by atoms with Crippen LogP contribution in [0, 0.1) is 24.0 Å². The molecule has 0 amide bonds. The van der Waals surface area contributed by atoms with Crippen LogP contribution in [0.15, 0.2) is 18.2 Å². The fraction of sp³-hybridized carbons (Fsp3) is 0.357. The van der Waals surface area contributed by atoms with Crippen LogP contribution in [0.25, 0.3) is 5.69 Å². The quantitative estimate of drug-likeness (QED) is 0.630.